The summed E-state index contributed by atoms with van der Waals surface area (Å²) in [6.45, 7) is 5.89. The zero-order valence-corrected chi connectivity index (χ0v) is 9.53. The minimum atomic E-state index is 0.889. The zero-order valence-electron chi connectivity index (χ0n) is 9.53. The molecule has 1 aliphatic heterocycles. The average molecular weight is 219 g/mol. The van der Waals surface area contributed by atoms with Gasteiger partial charge in [-0.3, -0.25) is 0 Å². The normalized spacial score (nSPS) is 15.6. The van der Waals surface area contributed by atoms with E-state index in [0.29, 0.717) is 0 Å². The number of hydrogen-bond donors (Lipinski definition) is 1. The summed E-state index contributed by atoms with van der Waals surface area (Å²) in [7, 11) is 0. The molecule has 0 spiro atoms. The number of hydrogen-bond acceptors (Lipinski definition) is 3. The van der Waals surface area contributed by atoms with Crippen molar-refractivity contribution in [1.82, 2.24) is 5.32 Å². The van der Waals surface area contributed by atoms with Crippen molar-refractivity contribution in [2.24, 2.45) is 0 Å². The van der Waals surface area contributed by atoms with Gasteiger partial charge in [-0.05, 0) is 24.6 Å². The third-order valence-corrected chi connectivity index (χ3v) is 2.46. The summed E-state index contributed by atoms with van der Waals surface area (Å²) >= 11 is 0. The van der Waals surface area contributed by atoms with Gasteiger partial charge in [0, 0.05) is 18.5 Å². The number of furan rings is 1. The number of morpholine rings is 1. The molecule has 3 heteroatoms. The maximum atomic E-state index is 5.20. The Morgan fingerprint density at radius 2 is 1.94 bits per heavy atom. The van der Waals surface area contributed by atoms with Gasteiger partial charge >= 0.3 is 0 Å². The van der Waals surface area contributed by atoms with E-state index in [4.69, 9.17) is 9.15 Å². The van der Waals surface area contributed by atoms with Crippen LogP contribution in [0.2, 0.25) is 0 Å². The van der Waals surface area contributed by atoms with Gasteiger partial charge in [0.05, 0.1) is 19.5 Å². The van der Waals surface area contributed by atoms with Crippen molar-refractivity contribution in [3.63, 3.8) is 0 Å². The van der Waals surface area contributed by atoms with E-state index in [1.165, 1.54) is 10.9 Å². The highest BCUT2D eigenvalue weighted by Gasteiger charge is 1.94. The molecule has 0 atom stereocenters. The fourth-order valence-electron chi connectivity index (χ4n) is 1.58. The van der Waals surface area contributed by atoms with Crippen LogP contribution >= 0.6 is 0 Å². The highest BCUT2D eigenvalue weighted by Crippen LogP contribution is 2.15. The SMILES string of the molecule is C1COCCN1.Cc1ccc2ccoc2c1. The van der Waals surface area contributed by atoms with Crippen LogP contribution in [0.15, 0.2) is 34.9 Å². The maximum Gasteiger partial charge on any atom is 0.134 e. The van der Waals surface area contributed by atoms with Crippen molar-refractivity contribution in [3.05, 3.63) is 36.1 Å². The van der Waals surface area contributed by atoms with Gasteiger partial charge in [0.25, 0.3) is 0 Å². The maximum absolute atomic E-state index is 5.20. The molecule has 2 aromatic rings. The Labute approximate surface area is 95.4 Å². The molecule has 86 valence electrons. The lowest BCUT2D eigenvalue weighted by Crippen LogP contribution is -2.30. The number of ether oxygens (including phenoxy) is 1. The lowest BCUT2D eigenvalue weighted by molar-refractivity contribution is 0.109. The molecule has 0 aliphatic carbocycles. The van der Waals surface area contributed by atoms with E-state index in [9.17, 15) is 0 Å². The molecule has 0 unspecified atom stereocenters. The highest BCUT2D eigenvalue weighted by atomic mass is 16.5. The third-order valence-electron chi connectivity index (χ3n) is 2.46. The summed E-state index contributed by atoms with van der Waals surface area (Å²) in [5, 5.41) is 4.33. The van der Waals surface area contributed by atoms with Crippen molar-refractivity contribution < 1.29 is 9.15 Å². The molecule has 1 fully saturated rings. The zero-order chi connectivity index (χ0) is 11.2. The Kier molecular flexibility index (Phi) is 3.97. The number of fused-ring (bicyclic) bond motifs is 1. The van der Waals surface area contributed by atoms with Crippen LogP contribution in [0.1, 0.15) is 5.56 Å². The van der Waals surface area contributed by atoms with E-state index < -0.39 is 0 Å². The molecule has 16 heavy (non-hydrogen) atoms. The third kappa shape index (κ3) is 3.08. The number of rotatable bonds is 0. The molecule has 0 bridgehead atoms. The molecule has 0 radical (unpaired) electrons. The first-order chi connectivity index (χ1) is 7.86. The van der Waals surface area contributed by atoms with E-state index in [1.54, 1.807) is 6.26 Å². The smallest absolute Gasteiger partial charge is 0.134 e. The molecular weight excluding hydrogens is 202 g/mol. The van der Waals surface area contributed by atoms with E-state index in [0.717, 1.165) is 31.9 Å². The van der Waals surface area contributed by atoms with Crippen LogP contribution in [0.5, 0.6) is 0 Å². The van der Waals surface area contributed by atoms with Crippen molar-refractivity contribution in [2.75, 3.05) is 26.3 Å². The summed E-state index contributed by atoms with van der Waals surface area (Å²) in [4.78, 5) is 0. The number of benzene rings is 1. The quantitative estimate of drug-likeness (QED) is 0.738. The van der Waals surface area contributed by atoms with Crippen LogP contribution < -0.4 is 5.32 Å². The Morgan fingerprint density at radius 3 is 2.56 bits per heavy atom. The van der Waals surface area contributed by atoms with Gasteiger partial charge in [0.1, 0.15) is 5.58 Å². The van der Waals surface area contributed by atoms with Gasteiger partial charge in [-0.25, -0.2) is 0 Å². The van der Waals surface area contributed by atoms with Crippen LogP contribution in [0.3, 0.4) is 0 Å². The fourth-order valence-corrected chi connectivity index (χ4v) is 1.58. The predicted octanol–water partition coefficient (Wildman–Crippen LogP) is 2.35. The average Bonchev–Trinajstić information content (AvgIpc) is 2.79. The van der Waals surface area contributed by atoms with E-state index in [2.05, 4.69) is 24.4 Å². The van der Waals surface area contributed by atoms with Crippen molar-refractivity contribution in [3.8, 4) is 0 Å². The lowest BCUT2D eigenvalue weighted by atomic mass is 10.2. The summed E-state index contributed by atoms with van der Waals surface area (Å²) < 4.78 is 10.2. The van der Waals surface area contributed by atoms with Gasteiger partial charge < -0.3 is 14.5 Å². The number of nitrogens with one attached hydrogen (secondary N) is 1. The lowest BCUT2D eigenvalue weighted by Gasteiger charge is -2.10. The van der Waals surface area contributed by atoms with Crippen molar-refractivity contribution in [1.29, 1.82) is 0 Å². The van der Waals surface area contributed by atoms with E-state index in [-0.39, 0.29) is 0 Å². The Hall–Kier alpha value is -1.32. The van der Waals surface area contributed by atoms with Gasteiger partial charge in [0.15, 0.2) is 0 Å². The highest BCUT2D eigenvalue weighted by molar-refractivity contribution is 5.77. The predicted molar refractivity (Wildman–Crippen MR) is 64.6 cm³/mol. The topological polar surface area (TPSA) is 34.4 Å². The molecule has 0 amide bonds. The summed E-state index contributed by atoms with van der Waals surface area (Å²) in [6, 6.07) is 8.15. The summed E-state index contributed by atoms with van der Waals surface area (Å²) in [6.07, 6.45) is 1.71. The molecule has 1 aromatic carbocycles. The van der Waals surface area contributed by atoms with Gasteiger partial charge in [-0.15, -0.1) is 0 Å². The molecule has 3 rings (SSSR count). The van der Waals surface area contributed by atoms with Crippen molar-refractivity contribution >= 4 is 11.0 Å². The molecule has 1 aromatic heterocycles. The van der Waals surface area contributed by atoms with E-state index >= 15 is 0 Å². The second-order valence-corrected chi connectivity index (χ2v) is 3.82. The second-order valence-electron chi connectivity index (χ2n) is 3.82. The van der Waals surface area contributed by atoms with Gasteiger partial charge in [0.2, 0.25) is 0 Å². The minimum absolute atomic E-state index is 0.889. The summed E-state index contributed by atoms with van der Waals surface area (Å²) in [5.41, 5.74) is 2.21. The Bertz CT molecular complexity index is 421. The van der Waals surface area contributed by atoms with Gasteiger partial charge in [-0.2, -0.15) is 0 Å². The van der Waals surface area contributed by atoms with Gasteiger partial charge in [-0.1, -0.05) is 12.1 Å². The van der Waals surface area contributed by atoms with Crippen LogP contribution in [0.25, 0.3) is 11.0 Å². The molecule has 3 nitrogen and oxygen atoms in total. The largest absolute Gasteiger partial charge is 0.464 e. The van der Waals surface area contributed by atoms with E-state index in [1.807, 2.05) is 12.1 Å². The first-order valence-corrected chi connectivity index (χ1v) is 5.58. The molecule has 0 saturated carbocycles. The first kappa shape index (κ1) is 11.2. The van der Waals surface area contributed by atoms with Crippen LogP contribution in [0, 0.1) is 6.92 Å². The van der Waals surface area contributed by atoms with Crippen molar-refractivity contribution in [2.45, 2.75) is 6.92 Å². The molecular formula is C13H17NO2. The van der Waals surface area contributed by atoms with Crippen LogP contribution in [0.4, 0.5) is 0 Å². The number of aryl methyl sites for hydroxylation is 1. The summed E-state index contributed by atoms with van der Waals surface area (Å²) in [5.74, 6) is 0. The van der Waals surface area contributed by atoms with Crippen LogP contribution in [-0.4, -0.2) is 26.3 Å². The fraction of sp³-hybridized carbons (Fsp3) is 0.385. The Morgan fingerprint density at radius 1 is 1.12 bits per heavy atom. The monoisotopic (exact) mass is 219 g/mol. The standard InChI is InChI=1S/C9H8O.C4H9NO/c1-7-2-3-8-4-5-10-9(8)6-7;1-3-6-4-2-5-1/h2-6H,1H3;5H,1-4H2. The second kappa shape index (κ2) is 5.68. The minimum Gasteiger partial charge on any atom is -0.464 e. The molecule has 1 aliphatic rings. The Balaban J connectivity index is 0.000000138. The first-order valence-electron chi connectivity index (χ1n) is 5.58. The molecule has 1 saturated heterocycles. The van der Waals surface area contributed by atoms with Crippen LogP contribution in [-0.2, 0) is 4.74 Å². The molecule has 2 heterocycles. The molecule has 1 N–H and O–H groups in total.